The van der Waals surface area contributed by atoms with E-state index in [1.54, 1.807) is 11.5 Å². The topological polar surface area (TPSA) is 227 Å². The van der Waals surface area contributed by atoms with Crippen LogP contribution < -0.4 is 5.56 Å². The fourth-order valence-electron chi connectivity index (χ4n) is 4.33. The Morgan fingerprint density at radius 3 is 2.80 bits per heavy atom. The number of fused-ring (bicyclic) bond motifs is 6. The molecule has 18 nitrogen and oxygen atoms in total. The molecule has 4 aromatic heterocycles. The SMILES string of the molecule is Cc1nc2c(nnn2[C@@H]2O[C@@H]3COP(O)(=S)OCCn4c(nc5cncnc54)COP(O)(=S)O[C@@H]2[C@@H]3O)c(=O)[nH]1. The third-order valence-corrected chi connectivity index (χ3v) is 9.24. The Bertz CT molecular complexity index is 1750. The summed E-state index contributed by atoms with van der Waals surface area (Å²) in [6.45, 7) is -7.00. The Morgan fingerprint density at radius 2 is 1.98 bits per heavy atom. The molecule has 214 valence electrons. The van der Waals surface area contributed by atoms with Crippen LogP contribution in [0.3, 0.4) is 0 Å². The first-order valence-corrected chi connectivity index (χ1v) is 16.8. The van der Waals surface area contributed by atoms with Gasteiger partial charge in [0.25, 0.3) is 5.56 Å². The van der Waals surface area contributed by atoms with Crippen molar-refractivity contribution >= 4 is 59.4 Å². The normalized spacial score (nSPS) is 32.1. The van der Waals surface area contributed by atoms with Gasteiger partial charge in [-0.15, -0.1) is 5.10 Å². The average Bonchev–Trinajstić information content (AvgIpc) is 3.55. The number of aromatic amines is 1. The van der Waals surface area contributed by atoms with Gasteiger partial charge in [-0.3, -0.25) is 9.32 Å². The summed E-state index contributed by atoms with van der Waals surface area (Å²) in [7, 11) is 0. The number of ether oxygens (including phenoxy) is 1. The van der Waals surface area contributed by atoms with Crippen LogP contribution in [0.2, 0.25) is 0 Å². The van der Waals surface area contributed by atoms with Gasteiger partial charge in [-0.25, -0.2) is 19.9 Å². The number of rotatable bonds is 1. The number of aromatic nitrogens is 9. The smallest absolute Gasteiger partial charge is 0.325 e. The van der Waals surface area contributed by atoms with E-state index in [2.05, 4.69) is 35.2 Å². The third kappa shape index (κ3) is 5.38. The van der Waals surface area contributed by atoms with Crippen molar-refractivity contribution in [2.75, 3.05) is 13.2 Å². The maximum atomic E-state index is 12.3. The molecule has 1 saturated heterocycles. The van der Waals surface area contributed by atoms with Gasteiger partial charge >= 0.3 is 13.4 Å². The molecule has 4 aromatic rings. The predicted octanol–water partition coefficient (Wildman–Crippen LogP) is -0.697. The molecular weight excluding hydrogens is 612 g/mol. The van der Waals surface area contributed by atoms with E-state index in [4.69, 9.17) is 46.4 Å². The molecular formula is C18H21N9O9P2S2. The molecule has 2 unspecified atom stereocenters. The number of aliphatic hydroxyl groups is 1. The molecule has 40 heavy (non-hydrogen) atoms. The summed E-state index contributed by atoms with van der Waals surface area (Å²) in [5, 5.41) is 18.9. The standard InChI is InChI=1S/C18H21N9O9P2S2/c1-8-21-16-12(17(29)22-8)24-25-27(16)18-14-13(28)10(35-18)5-33-37(30,39)32-3-2-26-11(6-34-38(31,40)36-14)23-9-4-19-7-20-15(9)26/h4,7,10,13-14,18,28H,2-3,5-6H2,1H3,(H,30,39)(H,31,40)(H,21,22,29)/t10-,13-,14-,18-,37?,38?/m1/s1. The number of hydrogen-bond acceptors (Lipinski definition) is 15. The van der Waals surface area contributed by atoms with Crippen molar-refractivity contribution < 1.29 is 37.7 Å². The number of nitrogens with zero attached hydrogens (tertiary/aromatic N) is 8. The van der Waals surface area contributed by atoms with Gasteiger partial charge in [0.05, 0.1) is 19.4 Å². The van der Waals surface area contributed by atoms with Crippen molar-refractivity contribution in [3.63, 3.8) is 0 Å². The first kappa shape index (κ1) is 28.0. The van der Waals surface area contributed by atoms with Crippen LogP contribution in [0.15, 0.2) is 17.3 Å². The van der Waals surface area contributed by atoms with Gasteiger partial charge in [0.2, 0.25) is 0 Å². The van der Waals surface area contributed by atoms with Crippen molar-refractivity contribution in [2.24, 2.45) is 0 Å². The molecule has 6 atom stereocenters. The molecule has 2 aliphatic heterocycles. The second kappa shape index (κ2) is 10.6. The van der Waals surface area contributed by atoms with E-state index >= 15 is 0 Å². The Hall–Kier alpha value is -2.19. The first-order valence-electron chi connectivity index (χ1n) is 11.6. The molecule has 0 amide bonds. The summed E-state index contributed by atoms with van der Waals surface area (Å²) in [5.41, 5.74) is 0.276. The molecule has 0 saturated carbocycles. The summed E-state index contributed by atoms with van der Waals surface area (Å²) >= 11 is 10.4. The summed E-state index contributed by atoms with van der Waals surface area (Å²) in [6, 6.07) is 0. The molecule has 0 aromatic carbocycles. The molecule has 0 spiro atoms. The largest absolute Gasteiger partial charge is 0.387 e. The minimum Gasteiger partial charge on any atom is -0.387 e. The number of aliphatic hydroxyl groups excluding tert-OH is 1. The van der Waals surface area contributed by atoms with Crippen molar-refractivity contribution in [1.29, 1.82) is 0 Å². The average molecular weight is 634 g/mol. The molecule has 2 bridgehead atoms. The number of H-pyrrole nitrogens is 1. The fourth-order valence-corrected chi connectivity index (χ4v) is 6.79. The van der Waals surface area contributed by atoms with E-state index in [1.807, 2.05) is 0 Å². The molecule has 0 aliphatic carbocycles. The molecule has 4 N–H and O–H groups in total. The van der Waals surface area contributed by atoms with Crippen LogP contribution in [0.5, 0.6) is 0 Å². The second-order valence-electron chi connectivity index (χ2n) is 8.73. The van der Waals surface area contributed by atoms with Crippen LogP contribution in [0, 0.1) is 6.92 Å². The zero-order valence-corrected chi connectivity index (χ0v) is 23.8. The Balaban J connectivity index is 1.38. The van der Waals surface area contributed by atoms with Gasteiger partial charge in [0, 0.05) is 6.54 Å². The van der Waals surface area contributed by atoms with Gasteiger partial charge in [-0.05, 0) is 30.5 Å². The summed E-state index contributed by atoms with van der Waals surface area (Å²) in [5.74, 6) is 0.569. The van der Waals surface area contributed by atoms with Gasteiger partial charge in [0.15, 0.2) is 23.0 Å². The minimum absolute atomic E-state index is 0.0283. The fraction of sp³-hybridized carbons (Fsp3) is 0.500. The van der Waals surface area contributed by atoms with Crippen molar-refractivity contribution in [1.82, 2.24) is 44.5 Å². The monoisotopic (exact) mass is 633 g/mol. The highest BCUT2D eigenvalue weighted by Crippen LogP contribution is 2.51. The highest BCUT2D eigenvalue weighted by atomic mass is 32.5. The lowest BCUT2D eigenvalue weighted by molar-refractivity contribution is -0.0545. The maximum Gasteiger partial charge on any atom is 0.325 e. The van der Waals surface area contributed by atoms with E-state index in [9.17, 15) is 19.7 Å². The molecule has 1 fully saturated rings. The first-order chi connectivity index (χ1) is 19.0. The van der Waals surface area contributed by atoms with Crippen molar-refractivity contribution in [3.05, 3.63) is 34.5 Å². The number of hydrogen-bond donors (Lipinski definition) is 4. The van der Waals surface area contributed by atoms with Crippen LogP contribution >= 0.6 is 13.4 Å². The minimum atomic E-state index is -4.08. The van der Waals surface area contributed by atoms with Crippen LogP contribution in [-0.4, -0.2) is 90.9 Å². The van der Waals surface area contributed by atoms with Crippen LogP contribution in [0.4, 0.5) is 0 Å². The quantitative estimate of drug-likeness (QED) is 0.190. The van der Waals surface area contributed by atoms with E-state index in [0.717, 1.165) is 4.68 Å². The second-order valence-corrected chi connectivity index (χ2v) is 14.4. The number of aryl methyl sites for hydroxylation is 1. The molecule has 22 heteroatoms. The Morgan fingerprint density at radius 1 is 1.15 bits per heavy atom. The van der Waals surface area contributed by atoms with Crippen molar-refractivity contribution in [3.8, 4) is 0 Å². The number of nitrogens with one attached hydrogen (secondary N) is 1. The third-order valence-electron chi connectivity index (χ3n) is 6.08. The van der Waals surface area contributed by atoms with Crippen LogP contribution in [0.25, 0.3) is 22.3 Å². The zero-order valence-electron chi connectivity index (χ0n) is 20.4. The van der Waals surface area contributed by atoms with Crippen LogP contribution in [-0.2, 0) is 59.6 Å². The van der Waals surface area contributed by atoms with Gasteiger partial charge in [-0.2, -0.15) is 4.68 Å². The lowest BCUT2D eigenvalue weighted by Gasteiger charge is -2.25. The molecule has 6 heterocycles. The lowest BCUT2D eigenvalue weighted by atomic mass is 10.1. The highest BCUT2D eigenvalue weighted by molar-refractivity contribution is 8.07. The van der Waals surface area contributed by atoms with Gasteiger partial charge < -0.3 is 42.8 Å². The molecule has 0 radical (unpaired) electrons. The van der Waals surface area contributed by atoms with Gasteiger partial charge in [-0.1, -0.05) is 5.21 Å². The van der Waals surface area contributed by atoms with E-state index in [1.165, 1.54) is 12.5 Å². The Kier molecular flexibility index (Phi) is 7.39. The number of imidazole rings is 1. The van der Waals surface area contributed by atoms with Crippen LogP contribution in [0.1, 0.15) is 17.9 Å². The lowest BCUT2D eigenvalue weighted by Crippen LogP contribution is -2.35. The highest BCUT2D eigenvalue weighted by Gasteiger charge is 2.50. The van der Waals surface area contributed by atoms with E-state index < -0.39 is 50.1 Å². The van der Waals surface area contributed by atoms with E-state index in [-0.39, 0.29) is 36.7 Å². The van der Waals surface area contributed by atoms with Gasteiger partial charge in [0.1, 0.15) is 48.4 Å². The summed E-state index contributed by atoms with van der Waals surface area (Å²) in [4.78, 5) is 53.3. The predicted molar refractivity (Wildman–Crippen MR) is 140 cm³/mol. The summed E-state index contributed by atoms with van der Waals surface area (Å²) in [6.07, 6.45) is -2.53. The Labute approximate surface area is 233 Å². The van der Waals surface area contributed by atoms with Crippen molar-refractivity contribution in [2.45, 2.75) is 44.6 Å². The molecule has 6 rings (SSSR count). The zero-order chi connectivity index (χ0) is 28.2. The maximum absolute atomic E-state index is 12.3. The molecule has 2 aliphatic rings. The van der Waals surface area contributed by atoms with E-state index in [0.29, 0.717) is 17.0 Å². The summed E-state index contributed by atoms with van der Waals surface area (Å²) < 4.78 is 31.0.